The largest absolute Gasteiger partial charge is 0.313 e. The van der Waals surface area contributed by atoms with Crippen molar-refractivity contribution < 1.29 is 0 Å². The van der Waals surface area contributed by atoms with Gasteiger partial charge in [0.05, 0.1) is 6.54 Å². The molecule has 1 aromatic carbocycles. The van der Waals surface area contributed by atoms with Gasteiger partial charge in [0.25, 0.3) is 0 Å². The van der Waals surface area contributed by atoms with E-state index in [1.807, 2.05) is 4.68 Å². The Balaban J connectivity index is 2.14. The van der Waals surface area contributed by atoms with Gasteiger partial charge in [-0.3, -0.25) is 0 Å². The lowest BCUT2D eigenvalue weighted by atomic mass is 10.1. The molecule has 0 atom stereocenters. The molecule has 0 aliphatic rings. The summed E-state index contributed by atoms with van der Waals surface area (Å²) in [6.07, 6.45) is 1.81. The second-order valence-electron chi connectivity index (χ2n) is 4.91. The van der Waals surface area contributed by atoms with Crippen molar-refractivity contribution in [3.05, 3.63) is 47.0 Å². The van der Waals surface area contributed by atoms with E-state index in [0.717, 1.165) is 44.1 Å². The van der Waals surface area contributed by atoms with E-state index in [4.69, 9.17) is 0 Å². The number of hydrogen-bond acceptors (Lipinski definition) is 3. The molecule has 0 unspecified atom stereocenters. The van der Waals surface area contributed by atoms with Crippen LogP contribution >= 0.6 is 0 Å². The Morgan fingerprint density at radius 1 is 1.10 bits per heavy atom. The molecule has 2 aromatic rings. The minimum absolute atomic E-state index is 0.802. The van der Waals surface area contributed by atoms with Gasteiger partial charge in [-0.2, -0.15) is 5.10 Å². The minimum Gasteiger partial charge on any atom is -0.313 e. The van der Waals surface area contributed by atoms with Crippen molar-refractivity contribution in [2.24, 2.45) is 0 Å². The summed E-state index contributed by atoms with van der Waals surface area (Å²) in [7, 11) is 0. The number of benzene rings is 1. The number of rotatable bonds is 7. The Bertz CT molecular complexity index is 545. The maximum atomic E-state index is 4.58. The van der Waals surface area contributed by atoms with Gasteiger partial charge < -0.3 is 5.32 Å². The second-order valence-corrected chi connectivity index (χ2v) is 4.91. The first-order valence-corrected chi connectivity index (χ1v) is 7.47. The molecule has 108 valence electrons. The molecular formula is C16H24N4. The lowest BCUT2D eigenvalue weighted by Crippen LogP contribution is -2.12. The van der Waals surface area contributed by atoms with Gasteiger partial charge in [0.15, 0.2) is 5.82 Å². The quantitative estimate of drug-likeness (QED) is 0.842. The Morgan fingerprint density at radius 3 is 2.60 bits per heavy atom. The van der Waals surface area contributed by atoms with Crippen LogP contribution in [0, 0.1) is 0 Å². The van der Waals surface area contributed by atoms with E-state index in [0.29, 0.717) is 0 Å². The molecule has 1 N–H and O–H groups in total. The third-order valence-electron chi connectivity index (χ3n) is 3.33. The topological polar surface area (TPSA) is 42.7 Å². The average Bonchev–Trinajstić information content (AvgIpc) is 2.87. The summed E-state index contributed by atoms with van der Waals surface area (Å²) >= 11 is 0. The van der Waals surface area contributed by atoms with Gasteiger partial charge in [-0.15, -0.1) is 0 Å². The van der Waals surface area contributed by atoms with Crippen LogP contribution in [0.5, 0.6) is 0 Å². The van der Waals surface area contributed by atoms with Gasteiger partial charge in [-0.05, 0) is 17.7 Å². The summed E-state index contributed by atoms with van der Waals surface area (Å²) in [6.45, 7) is 9.06. The van der Waals surface area contributed by atoms with E-state index in [2.05, 4.69) is 60.4 Å². The lowest BCUT2D eigenvalue weighted by molar-refractivity contribution is 0.635. The third-order valence-corrected chi connectivity index (χ3v) is 3.33. The predicted octanol–water partition coefficient (Wildman–Crippen LogP) is 2.56. The van der Waals surface area contributed by atoms with Crippen LogP contribution in [0.25, 0.3) is 0 Å². The molecular weight excluding hydrogens is 248 g/mol. The van der Waals surface area contributed by atoms with Gasteiger partial charge in [0.2, 0.25) is 0 Å². The summed E-state index contributed by atoms with van der Waals surface area (Å²) in [5.41, 5.74) is 2.60. The number of nitrogens with zero attached hydrogens (tertiary/aromatic N) is 3. The fourth-order valence-electron chi connectivity index (χ4n) is 2.24. The Hall–Kier alpha value is -1.68. The van der Waals surface area contributed by atoms with E-state index < -0.39 is 0 Å². The van der Waals surface area contributed by atoms with Crippen LogP contribution in [-0.2, 0) is 25.9 Å². The molecule has 0 saturated heterocycles. The summed E-state index contributed by atoms with van der Waals surface area (Å²) in [5.74, 6) is 2.00. The van der Waals surface area contributed by atoms with Crippen LogP contribution in [0.15, 0.2) is 24.3 Å². The standard InChI is InChI=1S/C16H24N4/c1-4-15-18-16(5-2)20(19-15)12-14-9-7-8-13(10-14)11-17-6-3/h7-10,17H,4-6,11-12H2,1-3H3. The highest BCUT2D eigenvalue weighted by Gasteiger charge is 2.07. The smallest absolute Gasteiger partial charge is 0.150 e. The molecule has 1 aromatic heterocycles. The Morgan fingerprint density at radius 2 is 1.90 bits per heavy atom. The fourth-order valence-corrected chi connectivity index (χ4v) is 2.24. The lowest BCUT2D eigenvalue weighted by Gasteiger charge is -2.07. The Kier molecular flexibility index (Phi) is 5.30. The van der Waals surface area contributed by atoms with Crippen molar-refractivity contribution in [1.29, 1.82) is 0 Å². The second kappa shape index (κ2) is 7.20. The average molecular weight is 272 g/mol. The zero-order chi connectivity index (χ0) is 14.4. The van der Waals surface area contributed by atoms with Gasteiger partial charge in [0.1, 0.15) is 5.82 Å². The number of nitrogens with one attached hydrogen (secondary N) is 1. The molecule has 0 bridgehead atoms. The minimum atomic E-state index is 0.802. The molecule has 0 saturated carbocycles. The van der Waals surface area contributed by atoms with E-state index >= 15 is 0 Å². The summed E-state index contributed by atoms with van der Waals surface area (Å²) < 4.78 is 2.03. The van der Waals surface area contributed by atoms with Crippen LogP contribution in [0.1, 0.15) is 43.5 Å². The van der Waals surface area contributed by atoms with E-state index in [1.54, 1.807) is 0 Å². The van der Waals surface area contributed by atoms with Crippen LogP contribution < -0.4 is 5.32 Å². The molecule has 1 heterocycles. The Labute approximate surface area is 121 Å². The predicted molar refractivity (Wildman–Crippen MR) is 81.7 cm³/mol. The molecule has 4 nitrogen and oxygen atoms in total. The van der Waals surface area contributed by atoms with Crippen molar-refractivity contribution in [3.63, 3.8) is 0 Å². The maximum absolute atomic E-state index is 4.58. The van der Waals surface area contributed by atoms with Crippen LogP contribution in [0.3, 0.4) is 0 Å². The number of aryl methyl sites for hydroxylation is 2. The van der Waals surface area contributed by atoms with Gasteiger partial charge >= 0.3 is 0 Å². The van der Waals surface area contributed by atoms with Crippen molar-refractivity contribution in [1.82, 2.24) is 20.1 Å². The van der Waals surface area contributed by atoms with Crippen molar-refractivity contribution in [2.45, 2.75) is 46.7 Å². The molecule has 0 fully saturated rings. The normalized spacial score (nSPS) is 10.9. The highest BCUT2D eigenvalue weighted by molar-refractivity contribution is 5.23. The van der Waals surface area contributed by atoms with Crippen molar-refractivity contribution >= 4 is 0 Å². The molecule has 0 spiro atoms. The van der Waals surface area contributed by atoms with Crippen molar-refractivity contribution in [3.8, 4) is 0 Å². The van der Waals surface area contributed by atoms with Gasteiger partial charge in [-0.1, -0.05) is 45.0 Å². The van der Waals surface area contributed by atoms with Crippen molar-refractivity contribution in [2.75, 3.05) is 6.54 Å². The first-order chi connectivity index (χ1) is 9.76. The molecule has 20 heavy (non-hydrogen) atoms. The summed E-state index contributed by atoms with van der Waals surface area (Å²) in [5, 5.41) is 7.93. The summed E-state index contributed by atoms with van der Waals surface area (Å²) in [6, 6.07) is 8.68. The molecule has 0 amide bonds. The van der Waals surface area contributed by atoms with E-state index in [-0.39, 0.29) is 0 Å². The first-order valence-electron chi connectivity index (χ1n) is 7.47. The van der Waals surface area contributed by atoms with Crippen LogP contribution in [0.4, 0.5) is 0 Å². The fraction of sp³-hybridized carbons (Fsp3) is 0.500. The number of hydrogen-bond donors (Lipinski definition) is 1. The van der Waals surface area contributed by atoms with E-state index in [1.165, 1.54) is 11.1 Å². The SMILES string of the molecule is CCNCc1cccc(Cn2nc(CC)nc2CC)c1. The number of aromatic nitrogens is 3. The van der Waals surface area contributed by atoms with Crippen LogP contribution in [0.2, 0.25) is 0 Å². The van der Waals surface area contributed by atoms with Crippen LogP contribution in [-0.4, -0.2) is 21.3 Å². The monoisotopic (exact) mass is 272 g/mol. The van der Waals surface area contributed by atoms with E-state index in [9.17, 15) is 0 Å². The molecule has 0 aliphatic carbocycles. The maximum Gasteiger partial charge on any atom is 0.150 e. The third kappa shape index (κ3) is 3.67. The molecule has 2 rings (SSSR count). The molecule has 0 radical (unpaired) electrons. The van der Waals surface area contributed by atoms with Gasteiger partial charge in [0, 0.05) is 19.4 Å². The zero-order valence-electron chi connectivity index (χ0n) is 12.7. The molecule has 0 aliphatic heterocycles. The van der Waals surface area contributed by atoms with Gasteiger partial charge in [-0.25, -0.2) is 9.67 Å². The first kappa shape index (κ1) is 14.7. The molecule has 4 heteroatoms. The summed E-state index contributed by atoms with van der Waals surface area (Å²) in [4.78, 5) is 4.55. The highest BCUT2D eigenvalue weighted by Crippen LogP contribution is 2.09. The highest BCUT2D eigenvalue weighted by atomic mass is 15.3. The zero-order valence-corrected chi connectivity index (χ0v) is 12.7.